The van der Waals surface area contributed by atoms with E-state index in [1.165, 1.54) is 0 Å². The van der Waals surface area contributed by atoms with Crippen molar-refractivity contribution in [1.82, 2.24) is 4.98 Å². The summed E-state index contributed by atoms with van der Waals surface area (Å²) in [6.45, 7) is 0.113. The molecule has 1 heterocycles. The van der Waals surface area contributed by atoms with Gasteiger partial charge in [0.25, 0.3) is 0 Å². The quantitative estimate of drug-likeness (QED) is 0.480. The largest absolute Gasteiger partial charge is 0.497 e. The van der Waals surface area contributed by atoms with Gasteiger partial charge in [0, 0.05) is 23.4 Å². The zero-order chi connectivity index (χ0) is 17.6. The van der Waals surface area contributed by atoms with Crippen LogP contribution in [0.5, 0.6) is 5.75 Å². The van der Waals surface area contributed by atoms with E-state index < -0.39 is 0 Å². The summed E-state index contributed by atoms with van der Waals surface area (Å²) in [7, 11) is 1.60. The maximum atomic E-state index is 11.9. The molecular formula is C20H18ClNO3. The van der Waals surface area contributed by atoms with Crippen molar-refractivity contribution >= 4 is 28.5 Å². The lowest BCUT2D eigenvalue weighted by atomic mass is 10.1. The standard InChI is InChI=1S/C20H18ClNO3/c1-24-17-9-8-15-11-16(20(21)22-18(15)12-17)13-25-19(23)10-7-14-5-3-2-4-6-14/h2-6,8-9,11-12H,7,10,13H2,1H3. The van der Waals surface area contributed by atoms with Crippen LogP contribution in [0.4, 0.5) is 0 Å². The molecule has 0 aliphatic heterocycles. The van der Waals surface area contributed by atoms with Crippen LogP contribution in [0.1, 0.15) is 17.5 Å². The first kappa shape index (κ1) is 17.2. The number of benzene rings is 2. The molecule has 0 atom stereocenters. The highest BCUT2D eigenvalue weighted by molar-refractivity contribution is 6.30. The van der Waals surface area contributed by atoms with Gasteiger partial charge in [0.1, 0.15) is 17.5 Å². The van der Waals surface area contributed by atoms with E-state index in [0.29, 0.717) is 23.6 Å². The molecule has 0 radical (unpaired) electrons. The number of aryl methyl sites for hydroxylation is 1. The second kappa shape index (κ2) is 7.99. The Morgan fingerprint density at radius 1 is 1.12 bits per heavy atom. The van der Waals surface area contributed by atoms with Crippen LogP contribution in [-0.4, -0.2) is 18.1 Å². The molecule has 3 aromatic rings. The first-order valence-electron chi connectivity index (χ1n) is 7.98. The molecule has 0 fully saturated rings. The second-order valence-electron chi connectivity index (χ2n) is 5.64. The van der Waals surface area contributed by atoms with E-state index in [2.05, 4.69) is 4.98 Å². The number of methoxy groups -OCH3 is 1. The lowest BCUT2D eigenvalue weighted by Gasteiger charge is -2.09. The first-order valence-corrected chi connectivity index (χ1v) is 8.36. The SMILES string of the molecule is COc1ccc2cc(COC(=O)CCc3ccccc3)c(Cl)nc2c1. The molecule has 0 aliphatic rings. The first-order chi connectivity index (χ1) is 12.2. The normalized spacial score (nSPS) is 10.6. The molecule has 0 saturated carbocycles. The molecule has 5 heteroatoms. The average Bonchev–Trinajstić information content (AvgIpc) is 2.65. The van der Waals surface area contributed by atoms with Gasteiger partial charge >= 0.3 is 5.97 Å². The number of nitrogens with zero attached hydrogens (tertiary/aromatic N) is 1. The summed E-state index contributed by atoms with van der Waals surface area (Å²) >= 11 is 6.21. The average molecular weight is 356 g/mol. The molecule has 0 saturated heterocycles. The highest BCUT2D eigenvalue weighted by Crippen LogP contribution is 2.24. The molecule has 0 spiro atoms. The molecular weight excluding hydrogens is 338 g/mol. The molecule has 2 aromatic carbocycles. The minimum absolute atomic E-state index is 0.113. The number of aromatic nitrogens is 1. The number of hydrogen-bond acceptors (Lipinski definition) is 4. The Kier molecular flexibility index (Phi) is 5.51. The fourth-order valence-electron chi connectivity index (χ4n) is 2.52. The number of rotatable bonds is 6. The van der Waals surface area contributed by atoms with Crippen LogP contribution >= 0.6 is 11.6 Å². The van der Waals surface area contributed by atoms with Gasteiger partial charge in [-0.25, -0.2) is 4.98 Å². The van der Waals surface area contributed by atoms with Crippen molar-refractivity contribution < 1.29 is 14.3 Å². The van der Waals surface area contributed by atoms with Crippen molar-refractivity contribution in [2.24, 2.45) is 0 Å². The summed E-state index contributed by atoms with van der Waals surface area (Å²) in [6, 6.07) is 17.3. The van der Waals surface area contributed by atoms with Gasteiger partial charge in [-0.15, -0.1) is 0 Å². The predicted molar refractivity (Wildman–Crippen MR) is 97.9 cm³/mol. The Morgan fingerprint density at radius 3 is 2.68 bits per heavy atom. The van der Waals surface area contributed by atoms with E-state index in [-0.39, 0.29) is 12.6 Å². The highest BCUT2D eigenvalue weighted by atomic mass is 35.5. The number of fused-ring (bicyclic) bond motifs is 1. The summed E-state index contributed by atoms with van der Waals surface area (Å²) in [6.07, 6.45) is 0.989. The van der Waals surface area contributed by atoms with Gasteiger partial charge in [-0.05, 0) is 30.2 Å². The second-order valence-corrected chi connectivity index (χ2v) is 6.00. The van der Waals surface area contributed by atoms with Crippen molar-refractivity contribution in [3.05, 3.63) is 70.9 Å². The predicted octanol–water partition coefficient (Wildman–Crippen LogP) is 4.57. The fourth-order valence-corrected chi connectivity index (χ4v) is 2.72. The Hall–Kier alpha value is -2.59. The number of carbonyl (C=O) groups is 1. The zero-order valence-electron chi connectivity index (χ0n) is 13.9. The molecule has 0 N–H and O–H groups in total. The Balaban J connectivity index is 1.62. The molecule has 0 unspecified atom stereocenters. The van der Waals surface area contributed by atoms with Crippen LogP contribution < -0.4 is 4.74 Å². The zero-order valence-corrected chi connectivity index (χ0v) is 14.6. The molecule has 0 bridgehead atoms. The number of hydrogen-bond donors (Lipinski definition) is 0. The van der Waals surface area contributed by atoms with Gasteiger partial charge in [-0.1, -0.05) is 41.9 Å². The van der Waals surface area contributed by atoms with Crippen LogP contribution in [0.15, 0.2) is 54.6 Å². The summed E-state index contributed by atoms with van der Waals surface area (Å²) in [4.78, 5) is 16.3. The summed E-state index contributed by atoms with van der Waals surface area (Å²) in [5.74, 6) is 0.464. The van der Waals surface area contributed by atoms with Crippen molar-refractivity contribution in [3.63, 3.8) is 0 Å². The van der Waals surface area contributed by atoms with Crippen molar-refractivity contribution in [1.29, 1.82) is 0 Å². The van der Waals surface area contributed by atoms with Crippen molar-refractivity contribution in [2.75, 3.05) is 7.11 Å². The van der Waals surface area contributed by atoms with Crippen LogP contribution in [0.3, 0.4) is 0 Å². The van der Waals surface area contributed by atoms with Crippen LogP contribution in [-0.2, 0) is 22.6 Å². The number of esters is 1. The molecule has 1 aromatic heterocycles. The van der Waals surface area contributed by atoms with Crippen LogP contribution in [0, 0.1) is 0 Å². The summed E-state index contributed by atoms with van der Waals surface area (Å²) < 4.78 is 10.5. The lowest BCUT2D eigenvalue weighted by Crippen LogP contribution is -2.06. The monoisotopic (exact) mass is 355 g/mol. The van der Waals surface area contributed by atoms with Crippen LogP contribution in [0.25, 0.3) is 10.9 Å². The topological polar surface area (TPSA) is 48.4 Å². The number of halogens is 1. The minimum Gasteiger partial charge on any atom is -0.497 e. The van der Waals surface area contributed by atoms with E-state index >= 15 is 0 Å². The van der Waals surface area contributed by atoms with E-state index in [0.717, 1.165) is 22.2 Å². The van der Waals surface area contributed by atoms with Crippen molar-refractivity contribution in [3.8, 4) is 5.75 Å². The lowest BCUT2D eigenvalue weighted by molar-refractivity contribution is -0.144. The number of pyridine rings is 1. The third-order valence-electron chi connectivity index (χ3n) is 3.90. The highest BCUT2D eigenvalue weighted by Gasteiger charge is 2.09. The van der Waals surface area contributed by atoms with E-state index in [1.807, 2.05) is 54.6 Å². The van der Waals surface area contributed by atoms with Crippen molar-refractivity contribution in [2.45, 2.75) is 19.4 Å². The maximum absolute atomic E-state index is 11.9. The fraction of sp³-hybridized carbons (Fsp3) is 0.200. The van der Waals surface area contributed by atoms with Gasteiger partial charge < -0.3 is 9.47 Å². The third kappa shape index (κ3) is 4.48. The van der Waals surface area contributed by atoms with E-state index in [1.54, 1.807) is 7.11 Å². The molecule has 128 valence electrons. The Labute approximate surface area is 151 Å². The van der Waals surface area contributed by atoms with Gasteiger partial charge in [0.15, 0.2) is 0 Å². The Morgan fingerprint density at radius 2 is 1.92 bits per heavy atom. The van der Waals surface area contributed by atoms with Gasteiger partial charge in [0.2, 0.25) is 0 Å². The molecule has 0 amide bonds. The summed E-state index contributed by atoms with van der Waals surface area (Å²) in [5.41, 5.74) is 2.54. The number of ether oxygens (including phenoxy) is 2. The third-order valence-corrected chi connectivity index (χ3v) is 4.23. The maximum Gasteiger partial charge on any atom is 0.306 e. The van der Waals surface area contributed by atoms with Gasteiger partial charge in [-0.3, -0.25) is 4.79 Å². The minimum atomic E-state index is -0.255. The molecule has 4 nitrogen and oxygen atoms in total. The Bertz CT molecular complexity index is 881. The molecule has 3 rings (SSSR count). The molecule has 25 heavy (non-hydrogen) atoms. The van der Waals surface area contributed by atoms with E-state index in [4.69, 9.17) is 21.1 Å². The van der Waals surface area contributed by atoms with Gasteiger partial charge in [0.05, 0.1) is 12.6 Å². The summed E-state index contributed by atoms with van der Waals surface area (Å²) in [5, 5.41) is 1.25. The van der Waals surface area contributed by atoms with Crippen LogP contribution in [0.2, 0.25) is 5.15 Å². The molecule has 0 aliphatic carbocycles. The van der Waals surface area contributed by atoms with Gasteiger partial charge in [-0.2, -0.15) is 0 Å². The number of carbonyl (C=O) groups excluding carboxylic acids is 1. The smallest absolute Gasteiger partial charge is 0.306 e. The van der Waals surface area contributed by atoms with E-state index in [9.17, 15) is 4.79 Å².